The quantitative estimate of drug-likeness (QED) is 0.608. The lowest BCUT2D eigenvalue weighted by Gasteiger charge is -2.29. The summed E-state index contributed by atoms with van der Waals surface area (Å²) in [5, 5.41) is 11.3. The number of nitrogens with two attached hydrogens (primary N) is 1. The maximum atomic E-state index is 12.3. The highest BCUT2D eigenvalue weighted by Gasteiger charge is 2.42. The van der Waals surface area contributed by atoms with E-state index >= 15 is 0 Å². The number of ether oxygens (including phenoxy) is 1. The summed E-state index contributed by atoms with van der Waals surface area (Å²) in [6.45, 7) is 1.82. The summed E-state index contributed by atoms with van der Waals surface area (Å²) in [6.07, 6.45) is -0.125. The van der Waals surface area contributed by atoms with E-state index in [0.29, 0.717) is 5.56 Å². The lowest BCUT2D eigenvalue weighted by molar-refractivity contribution is -0.149. The fraction of sp³-hybridized carbons (Fsp3) is 0.467. The van der Waals surface area contributed by atoms with Crippen molar-refractivity contribution in [1.29, 1.82) is 0 Å². The van der Waals surface area contributed by atoms with Gasteiger partial charge in [0.05, 0.1) is 13.7 Å². The summed E-state index contributed by atoms with van der Waals surface area (Å²) in [5.41, 5.74) is 6.20. The van der Waals surface area contributed by atoms with Gasteiger partial charge in [-0.1, -0.05) is 29.8 Å². The molecule has 0 aliphatic heterocycles. The molecule has 4 N–H and O–H groups in total. The van der Waals surface area contributed by atoms with Crippen LogP contribution in [0.4, 0.5) is 0 Å². The van der Waals surface area contributed by atoms with E-state index in [0.717, 1.165) is 5.56 Å². The van der Waals surface area contributed by atoms with E-state index in [1.54, 1.807) is 6.07 Å². The van der Waals surface area contributed by atoms with Crippen LogP contribution in [0.1, 0.15) is 17.5 Å². The van der Waals surface area contributed by atoms with E-state index in [4.69, 9.17) is 15.6 Å². The molecule has 6 nitrogen and oxygen atoms in total. The second kappa shape index (κ2) is 7.75. The number of hydrogen-bond donors (Lipinski definition) is 3. The third-order valence-electron chi connectivity index (χ3n) is 3.39. The van der Waals surface area contributed by atoms with Crippen molar-refractivity contribution in [1.82, 2.24) is 5.32 Å². The minimum Gasteiger partial charge on any atom is -0.468 e. The fourth-order valence-electron chi connectivity index (χ4n) is 2.24. The molecule has 0 radical (unpaired) electrons. The summed E-state index contributed by atoms with van der Waals surface area (Å²) in [7, 11) is 1.27. The highest BCUT2D eigenvalue weighted by Crippen LogP contribution is 2.29. The molecule has 1 amide bonds. The molecular formula is C15H22N2O4. The summed E-state index contributed by atoms with van der Waals surface area (Å²) >= 11 is 0. The number of rotatable bonds is 7. The number of carbonyl (C=O) groups excluding carboxylic acids is 2. The predicted octanol–water partition coefficient (Wildman–Crippen LogP) is -0.137. The molecule has 0 aliphatic carbocycles. The first-order chi connectivity index (χ1) is 10.00. The van der Waals surface area contributed by atoms with E-state index < -0.39 is 11.4 Å². The molecule has 1 aromatic rings. The molecular weight excluding hydrogens is 272 g/mol. The van der Waals surface area contributed by atoms with Gasteiger partial charge in [0.1, 0.15) is 5.41 Å². The van der Waals surface area contributed by atoms with Crippen molar-refractivity contribution < 1.29 is 19.4 Å². The minimum absolute atomic E-state index is 0.0460. The minimum atomic E-state index is -1.22. The zero-order chi connectivity index (χ0) is 15.9. The van der Waals surface area contributed by atoms with Crippen LogP contribution in [0, 0.1) is 6.92 Å². The summed E-state index contributed by atoms with van der Waals surface area (Å²) in [4.78, 5) is 24.2. The van der Waals surface area contributed by atoms with Crippen molar-refractivity contribution in [2.75, 3.05) is 26.8 Å². The lowest BCUT2D eigenvalue weighted by Crippen LogP contribution is -2.47. The Labute approximate surface area is 124 Å². The number of benzene rings is 1. The number of methoxy groups -OCH3 is 1. The van der Waals surface area contributed by atoms with Crippen LogP contribution in [0.2, 0.25) is 0 Å². The third-order valence-corrected chi connectivity index (χ3v) is 3.39. The molecule has 0 fully saturated rings. The number of aryl methyl sites for hydroxylation is 1. The van der Waals surface area contributed by atoms with Crippen molar-refractivity contribution in [3.8, 4) is 0 Å². The number of carbonyl (C=O) groups is 2. The van der Waals surface area contributed by atoms with Crippen molar-refractivity contribution in [2.45, 2.75) is 18.8 Å². The van der Waals surface area contributed by atoms with Gasteiger partial charge in [-0.2, -0.15) is 0 Å². The average molecular weight is 294 g/mol. The summed E-state index contributed by atoms with van der Waals surface area (Å²) in [5.74, 6) is -0.906. The van der Waals surface area contributed by atoms with Crippen molar-refractivity contribution >= 4 is 11.9 Å². The molecule has 21 heavy (non-hydrogen) atoms. The van der Waals surface area contributed by atoms with Crippen LogP contribution in [-0.2, 0) is 19.7 Å². The number of amides is 1. The van der Waals surface area contributed by atoms with E-state index in [9.17, 15) is 9.59 Å². The number of aliphatic hydroxyl groups excluding tert-OH is 1. The van der Waals surface area contributed by atoms with Gasteiger partial charge in [0, 0.05) is 19.5 Å². The first-order valence-corrected chi connectivity index (χ1v) is 6.73. The molecule has 0 bridgehead atoms. The maximum Gasteiger partial charge on any atom is 0.318 e. The molecule has 0 saturated carbocycles. The topological polar surface area (TPSA) is 102 Å². The largest absolute Gasteiger partial charge is 0.468 e. The second-order valence-corrected chi connectivity index (χ2v) is 4.90. The van der Waals surface area contributed by atoms with Crippen LogP contribution in [0.3, 0.4) is 0 Å². The molecule has 116 valence electrons. The number of esters is 1. The first kappa shape index (κ1) is 17.1. The SMILES string of the molecule is COC(=O)C(CN)(CC(=O)NCCO)c1cccc(C)c1. The first-order valence-electron chi connectivity index (χ1n) is 6.73. The molecule has 1 aromatic carbocycles. The predicted molar refractivity (Wildman–Crippen MR) is 78.6 cm³/mol. The van der Waals surface area contributed by atoms with E-state index in [-0.39, 0.29) is 32.0 Å². The van der Waals surface area contributed by atoms with Crippen LogP contribution >= 0.6 is 0 Å². The summed E-state index contributed by atoms with van der Waals surface area (Å²) < 4.78 is 4.86. The van der Waals surface area contributed by atoms with Gasteiger partial charge in [0.25, 0.3) is 0 Å². The Morgan fingerprint density at radius 3 is 2.67 bits per heavy atom. The lowest BCUT2D eigenvalue weighted by atomic mass is 9.76. The molecule has 6 heteroatoms. The normalized spacial score (nSPS) is 13.3. The molecule has 1 unspecified atom stereocenters. The van der Waals surface area contributed by atoms with Crippen LogP contribution in [0.5, 0.6) is 0 Å². The third kappa shape index (κ3) is 4.03. The van der Waals surface area contributed by atoms with Gasteiger partial charge in [-0.05, 0) is 12.5 Å². The Morgan fingerprint density at radius 1 is 1.43 bits per heavy atom. The molecule has 1 atom stereocenters. The Balaban J connectivity index is 3.16. The zero-order valence-electron chi connectivity index (χ0n) is 12.4. The van der Waals surface area contributed by atoms with Gasteiger partial charge in [-0.15, -0.1) is 0 Å². The van der Waals surface area contributed by atoms with Crippen molar-refractivity contribution in [3.05, 3.63) is 35.4 Å². The molecule has 1 rings (SSSR count). The fourth-order valence-corrected chi connectivity index (χ4v) is 2.24. The van der Waals surface area contributed by atoms with Gasteiger partial charge in [0.15, 0.2) is 0 Å². The molecule has 0 saturated heterocycles. The Hall–Kier alpha value is -1.92. The van der Waals surface area contributed by atoms with E-state index in [1.807, 2.05) is 25.1 Å². The van der Waals surface area contributed by atoms with E-state index in [1.165, 1.54) is 7.11 Å². The van der Waals surface area contributed by atoms with E-state index in [2.05, 4.69) is 5.32 Å². The number of hydrogen-bond acceptors (Lipinski definition) is 5. The monoisotopic (exact) mass is 294 g/mol. The van der Waals surface area contributed by atoms with Gasteiger partial charge in [0.2, 0.25) is 5.91 Å². The molecule has 0 spiro atoms. The van der Waals surface area contributed by atoms with Gasteiger partial charge < -0.3 is 20.9 Å². The Morgan fingerprint density at radius 2 is 2.14 bits per heavy atom. The van der Waals surface area contributed by atoms with Crippen LogP contribution < -0.4 is 11.1 Å². The maximum absolute atomic E-state index is 12.3. The van der Waals surface area contributed by atoms with Crippen molar-refractivity contribution in [2.24, 2.45) is 5.73 Å². The van der Waals surface area contributed by atoms with Gasteiger partial charge in [-0.3, -0.25) is 9.59 Å². The number of aliphatic hydroxyl groups is 1. The smallest absolute Gasteiger partial charge is 0.318 e. The van der Waals surface area contributed by atoms with Crippen LogP contribution in [-0.4, -0.2) is 43.8 Å². The number of nitrogens with one attached hydrogen (secondary N) is 1. The van der Waals surface area contributed by atoms with Gasteiger partial charge in [-0.25, -0.2) is 0 Å². The summed E-state index contributed by atoms with van der Waals surface area (Å²) in [6, 6.07) is 7.29. The zero-order valence-corrected chi connectivity index (χ0v) is 12.4. The molecule has 0 aromatic heterocycles. The average Bonchev–Trinajstić information content (AvgIpc) is 2.49. The Bertz CT molecular complexity index is 504. The van der Waals surface area contributed by atoms with Crippen LogP contribution in [0.15, 0.2) is 24.3 Å². The van der Waals surface area contributed by atoms with Gasteiger partial charge >= 0.3 is 5.97 Å². The second-order valence-electron chi connectivity index (χ2n) is 4.90. The highest BCUT2D eigenvalue weighted by molar-refractivity contribution is 5.90. The highest BCUT2D eigenvalue weighted by atomic mass is 16.5. The molecule has 0 heterocycles. The Kier molecular flexibility index (Phi) is 6.33. The molecule has 0 aliphatic rings. The van der Waals surface area contributed by atoms with Crippen LogP contribution in [0.25, 0.3) is 0 Å². The standard InChI is InChI=1S/C15H22N2O4/c1-11-4-3-5-12(8-11)15(10-16,14(20)21-2)9-13(19)17-6-7-18/h3-5,8,18H,6-7,9-10,16H2,1-2H3,(H,17,19). The van der Waals surface area contributed by atoms with Crippen molar-refractivity contribution in [3.63, 3.8) is 0 Å².